The monoisotopic (exact) mass is 261 g/mol. The molecule has 19 heavy (non-hydrogen) atoms. The molecule has 1 saturated carbocycles. The van der Waals surface area contributed by atoms with Gasteiger partial charge in [0, 0.05) is 6.07 Å². The van der Waals surface area contributed by atoms with Gasteiger partial charge in [0.2, 0.25) is 0 Å². The van der Waals surface area contributed by atoms with Crippen molar-refractivity contribution in [2.45, 2.75) is 44.3 Å². The number of aliphatic hydroxyl groups is 1. The van der Waals surface area contributed by atoms with Crippen molar-refractivity contribution in [1.29, 1.82) is 5.26 Å². The van der Waals surface area contributed by atoms with Crippen LogP contribution in [0.15, 0.2) is 18.2 Å². The number of rotatable bonds is 3. The highest BCUT2D eigenvalue weighted by Gasteiger charge is 2.23. The van der Waals surface area contributed by atoms with Crippen LogP contribution < -0.4 is 9.47 Å². The largest absolute Gasteiger partial charge is 0.497 e. The lowest BCUT2D eigenvalue weighted by Gasteiger charge is -2.22. The number of aliphatic hydroxyl groups excluding tert-OH is 1. The van der Waals surface area contributed by atoms with E-state index < -0.39 is 6.10 Å². The maximum absolute atomic E-state index is 10.0. The lowest BCUT2D eigenvalue weighted by molar-refractivity contribution is 0.0318. The van der Waals surface area contributed by atoms with Crippen molar-refractivity contribution < 1.29 is 14.6 Å². The molecule has 1 fully saturated rings. The van der Waals surface area contributed by atoms with Gasteiger partial charge in [-0.15, -0.1) is 0 Å². The molecule has 1 N–H and O–H groups in total. The van der Waals surface area contributed by atoms with E-state index in [0.717, 1.165) is 32.1 Å². The maximum Gasteiger partial charge on any atom is 0.124 e. The first-order chi connectivity index (χ1) is 9.22. The third kappa shape index (κ3) is 3.62. The summed E-state index contributed by atoms with van der Waals surface area (Å²) in [6, 6.07) is 7.17. The number of ether oxygens (including phenoxy) is 2. The molecule has 1 aliphatic carbocycles. The van der Waals surface area contributed by atoms with Crippen LogP contribution in [-0.4, -0.2) is 24.4 Å². The molecule has 102 valence electrons. The van der Waals surface area contributed by atoms with E-state index in [-0.39, 0.29) is 6.10 Å². The zero-order valence-corrected chi connectivity index (χ0v) is 11.1. The van der Waals surface area contributed by atoms with Gasteiger partial charge in [-0.1, -0.05) is 12.8 Å². The van der Waals surface area contributed by atoms with Crippen LogP contribution in [0, 0.1) is 11.3 Å². The molecule has 0 heterocycles. The Hall–Kier alpha value is -1.73. The molecule has 1 aliphatic rings. The van der Waals surface area contributed by atoms with E-state index in [4.69, 9.17) is 14.7 Å². The van der Waals surface area contributed by atoms with Crippen LogP contribution in [0.5, 0.6) is 11.5 Å². The van der Waals surface area contributed by atoms with Crippen LogP contribution >= 0.6 is 0 Å². The fourth-order valence-corrected chi connectivity index (χ4v) is 2.39. The first kappa shape index (κ1) is 13.7. The zero-order valence-electron chi connectivity index (χ0n) is 11.1. The SMILES string of the molecule is COc1cc(C#N)cc(OC2CCCCCC2O)c1. The number of nitriles is 1. The molecule has 0 aromatic heterocycles. The van der Waals surface area contributed by atoms with Gasteiger partial charge in [0.1, 0.15) is 17.6 Å². The average Bonchev–Trinajstić information content (AvgIpc) is 2.63. The Morgan fingerprint density at radius 2 is 1.89 bits per heavy atom. The van der Waals surface area contributed by atoms with E-state index in [2.05, 4.69) is 6.07 Å². The molecule has 0 amide bonds. The predicted molar refractivity (Wildman–Crippen MR) is 71.2 cm³/mol. The van der Waals surface area contributed by atoms with Gasteiger partial charge in [-0.05, 0) is 31.4 Å². The van der Waals surface area contributed by atoms with E-state index in [9.17, 15) is 5.11 Å². The molecule has 4 heteroatoms. The van der Waals surface area contributed by atoms with Gasteiger partial charge >= 0.3 is 0 Å². The molecule has 1 aromatic carbocycles. The average molecular weight is 261 g/mol. The first-order valence-corrected chi connectivity index (χ1v) is 6.67. The molecular weight excluding hydrogens is 242 g/mol. The Kier molecular flexibility index (Phi) is 4.64. The van der Waals surface area contributed by atoms with Crippen LogP contribution in [0.4, 0.5) is 0 Å². The van der Waals surface area contributed by atoms with Crippen LogP contribution in [-0.2, 0) is 0 Å². The van der Waals surface area contributed by atoms with E-state index in [0.29, 0.717) is 17.1 Å². The minimum atomic E-state index is -0.431. The zero-order chi connectivity index (χ0) is 13.7. The Balaban J connectivity index is 2.15. The molecule has 1 aromatic rings. The third-order valence-electron chi connectivity index (χ3n) is 3.45. The van der Waals surface area contributed by atoms with Crippen molar-refractivity contribution in [2.24, 2.45) is 0 Å². The minimum Gasteiger partial charge on any atom is -0.497 e. The standard InChI is InChI=1S/C15H19NO3/c1-18-12-7-11(10-16)8-13(9-12)19-15-6-4-2-3-5-14(15)17/h7-9,14-15,17H,2-6H2,1H3. The van der Waals surface area contributed by atoms with Crippen LogP contribution in [0.1, 0.15) is 37.7 Å². The van der Waals surface area contributed by atoms with Crippen molar-refractivity contribution in [2.75, 3.05) is 7.11 Å². The van der Waals surface area contributed by atoms with Crippen LogP contribution in [0.3, 0.4) is 0 Å². The Morgan fingerprint density at radius 3 is 2.63 bits per heavy atom. The molecule has 0 bridgehead atoms. The molecule has 0 saturated heterocycles. The van der Waals surface area contributed by atoms with Crippen LogP contribution in [0.2, 0.25) is 0 Å². The number of hydrogen-bond acceptors (Lipinski definition) is 4. The summed E-state index contributed by atoms with van der Waals surface area (Å²) < 4.78 is 11.0. The second-order valence-corrected chi connectivity index (χ2v) is 4.87. The van der Waals surface area contributed by atoms with Crippen LogP contribution in [0.25, 0.3) is 0 Å². The van der Waals surface area contributed by atoms with Crippen molar-refractivity contribution in [3.63, 3.8) is 0 Å². The molecule has 0 spiro atoms. The second-order valence-electron chi connectivity index (χ2n) is 4.87. The van der Waals surface area contributed by atoms with Crippen molar-refractivity contribution in [1.82, 2.24) is 0 Å². The Labute approximate surface area is 113 Å². The number of methoxy groups -OCH3 is 1. The molecule has 2 unspecified atom stereocenters. The molecule has 2 atom stereocenters. The topological polar surface area (TPSA) is 62.5 Å². The highest BCUT2D eigenvalue weighted by molar-refractivity contribution is 5.43. The highest BCUT2D eigenvalue weighted by atomic mass is 16.5. The summed E-state index contributed by atoms with van der Waals surface area (Å²) >= 11 is 0. The summed E-state index contributed by atoms with van der Waals surface area (Å²) in [4.78, 5) is 0. The lowest BCUT2D eigenvalue weighted by atomic mass is 10.1. The fraction of sp³-hybridized carbons (Fsp3) is 0.533. The number of benzene rings is 1. The molecule has 2 rings (SSSR count). The molecule has 4 nitrogen and oxygen atoms in total. The molecular formula is C15H19NO3. The van der Waals surface area contributed by atoms with Crippen molar-refractivity contribution in [3.8, 4) is 17.6 Å². The smallest absolute Gasteiger partial charge is 0.124 e. The van der Waals surface area contributed by atoms with E-state index in [1.807, 2.05) is 0 Å². The normalized spacial score (nSPS) is 23.2. The van der Waals surface area contributed by atoms with Gasteiger partial charge < -0.3 is 14.6 Å². The predicted octanol–water partition coefficient (Wildman–Crippen LogP) is 2.64. The number of nitrogens with zero attached hydrogens (tertiary/aromatic N) is 1. The van der Waals surface area contributed by atoms with Gasteiger partial charge in [-0.3, -0.25) is 0 Å². The number of hydrogen-bond donors (Lipinski definition) is 1. The molecule has 0 radical (unpaired) electrons. The summed E-state index contributed by atoms with van der Waals surface area (Å²) in [6.07, 6.45) is 4.25. The maximum atomic E-state index is 10.0. The summed E-state index contributed by atoms with van der Waals surface area (Å²) in [7, 11) is 1.56. The molecule has 0 aliphatic heterocycles. The summed E-state index contributed by atoms with van der Waals surface area (Å²) in [5.41, 5.74) is 0.498. The van der Waals surface area contributed by atoms with Gasteiger partial charge in [-0.2, -0.15) is 5.26 Å². The van der Waals surface area contributed by atoms with Gasteiger partial charge in [-0.25, -0.2) is 0 Å². The van der Waals surface area contributed by atoms with Gasteiger partial charge in [0.25, 0.3) is 0 Å². The summed E-state index contributed by atoms with van der Waals surface area (Å²) in [6.45, 7) is 0. The van der Waals surface area contributed by atoms with Gasteiger partial charge in [0.05, 0.1) is 24.8 Å². The van der Waals surface area contributed by atoms with E-state index in [1.165, 1.54) is 0 Å². The van der Waals surface area contributed by atoms with Gasteiger partial charge in [0.15, 0.2) is 0 Å². The quantitative estimate of drug-likeness (QED) is 0.850. The Bertz CT molecular complexity index is 467. The third-order valence-corrected chi connectivity index (χ3v) is 3.45. The summed E-state index contributed by atoms with van der Waals surface area (Å²) in [5, 5.41) is 19.0. The fourth-order valence-electron chi connectivity index (χ4n) is 2.39. The minimum absolute atomic E-state index is 0.193. The van der Waals surface area contributed by atoms with E-state index >= 15 is 0 Å². The van der Waals surface area contributed by atoms with E-state index in [1.54, 1.807) is 25.3 Å². The first-order valence-electron chi connectivity index (χ1n) is 6.67. The highest BCUT2D eigenvalue weighted by Crippen LogP contribution is 2.27. The lowest BCUT2D eigenvalue weighted by Crippen LogP contribution is -2.30. The van der Waals surface area contributed by atoms with Crippen molar-refractivity contribution >= 4 is 0 Å². The second kappa shape index (κ2) is 6.44. The Morgan fingerprint density at radius 1 is 1.16 bits per heavy atom. The van der Waals surface area contributed by atoms with Crippen molar-refractivity contribution in [3.05, 3.63) is 23.8 Å². The summed E-state index contributed by atoms with van der Waals surface area (Å²) in [5.74, 6) is 1.18.